The number of aryl methyl sites for hydroxylation is 2. The number of hydrogen-bond donors (Lipinski definition) is 1. The quantitative estimate of drug-likeness (QED) is 0.537. The number of nitrogens with one attached hydrogen (secondary N) is 1. The highest BCUT2D eigenvalue weighted by Crippen LogP contribution is 2.29. The van der Waals surface area contributed by atoms with Gasteiger partial charge >= 0.3 is 0 Å². The van der Waals surface area contributed by atoms with Crippen molar-refractivity contribution in [2.45, 2.75) is 58.1 Å². The van der Waals surface area contributed by atoms with E-state index in [9.17, 15) is 9.59 Å². The van der Waals surface area contributed by atoms with Gasteiger partial charge in [0.15, 0.2) is 0 Å². The summed E-state index contributed by atoms with van der Waals surface area (Å²) in [5.74, 6) is 0.188. The van der Waals surface area contributed by atoms with Gasteiger partial charge in [0.1, 0.15) is 4.32 Å². The molecule has 0 spiro atoms. The first-order valence-electron chi connectivity index (χ1n) is 8.81. The predicted octanol–water partition coefficient (Wildman–Crippen LogP) is 4.44. The van der Waals surface area contributed by atoms with Crippen molar-refractivity contribution < 1.29 is 9.59 Å². The molecule has 0 saturated carbocycles. The molecule has 2 rings (SSSR count). The molecule has 1 aromatic carbocycles. The highest BCUT2D eigenvalue weighted by Gasteiger charge is 2.34. The Morgan fingerprint density at radius 2 is 2.04 bits per heavy atom. The van der Waals surface area contributed by atoms with Crippen LogP contribution in [-0.2, 0) is 9.59 Å². The van der Waals surface area contributed by atoms with Crippen molar-refractivity contribution in [1.82, 2.24) is 4.90 Å². The molecule has 2 amide bonds. The van der Waals surface area contributed by atoms with Gasteiger partial charge in [0.05, 0.1) is 5.25 Å². The molecule has 1 heterocycles. The van der Waals surface area contributed by atoms with Crippen LogP contribution in [0.15, 0.2) is 18.2 Å². The molecule has 0 bridgehead atoms. The third kappa shape index (κ3) is 5.54. The Labute approximate surface area is 159 Å². The van der Waals surface area contributed by atoms with E-state index in [1.807, 2.05) is 39.0 Å². The summed E-state index contributed by atoms with van der Waals surface area (Å²) in [5, 5.41) is 2.98. The van der Waals surface area contributed by atoms with E-state index in [-0.39, 0.29) is 17.1 Å². The van der Waals surface area contributed by atoms with Gasteiger partial charge in [-0.15, -0.1) is 0 Å². The lowest BCUT2D eigenvalue weighted by Crippen LogP contribution is -2.32. The summed E-state index contributed by atoms with van der Waals surface area (Å²) in [7, 11) is 0. The van der Waals surface area contributed by atoms with Gasteiger partial charge in [-0.05, 0) is 50.3 Å². The van der Waals surface area contributed by atoms with E-state index < -0.39 is 0 Å². The maximum Gasteiger partial charge on any atom is 0.241 e. The summed E-state index contributed by atoms with van der Waals surface area (Å²) in [6.45, 7) is 6.68. The summed E-state index contributed by atoms with van der Waals surface area (Å²) < 4.78 is 0.699. The number of nitrogens with zero attached hydrogens (tertiary/aromatic N) is 1. The van der Waals surface area contributed by atoms with Crippen molar-refractivity contribution in [2.24, 2.45) is 0 Å². The normalized spacial score (nSPS) is 17.2. The summed E-state index contributed by atoms with van der Waals surface area (Å²) in [5.41, 5.74) is 3.10. The number of amides is 2. The van der Waals surface area contributed by atoms with Crippen LogP contribution in [-0.4, -0.2) is 32.8 Å². The average Bonchev–Trinajstić information content (AvgIpc) is 2.85. The fourth-order valence-electron chi connectivity index (χ4n) is 2.77. The largest absolute Gasteiger partial charge is 0.326 e. The molecule has 1 aliphatic rings. The molecular weight excluding hydrogens is 352 g/mol. The second-order valence-corrected chi connectivity index (χ2v) is 8.28. The SMILES string of the molecule is CCC1SC(=S)N(CCCCCC(=O)Nc2cc(C)ccc2C)C1=O. The predicted molar refractivity (Wildman–Crippen MR) is 109 cm³/mol. The first kappa shape index (κ1) is 19.9. The number of carbonyl (C=O) groups excluding carboxylic acids is 2. The molecular formula is C19H26N2O2S2. The molecule has 1 unspecified atom stereocenters. The maximum atomic E-state index is 12.1. The minimum Gasteiger partial charge on any atom is -0.326 e. The third-order valence-corrected chi connectivity index (χ3v) is 6.08. The van der Waals surface area contributed by atoms with Gasteiger partial charge in [0.2, 0.25) is 11.8 Å². The highest BCUT2D eigenvalue weighted by atomic mass is 32.2. The zero-order valence-corrected chi connectivity index (χ0v) is 16.8. The van der Waals surface area contributed by atoms with E-state index in [0.29, 0.717) is 17.3 Å². The van der Waals surface area contributed by atoms with Gasteiger partial charge in [-0.2, -0.15) is 0 Å². The minimum absolute atomic E-state index is 0.00385. The zero-order valence-electron chi connectivity index (χ0n) is 15.1. The summed E-state index contributed by atoms with van der Waals surface area (Å²) in [6.07, 6.45) is 3.92. The second kappa shape index (κ2) is 9.34. The van der Waals surface area contributed by atoms with Gasteiger partial charge in [0, 0.05) is 18.7 Å². The van der Waals surface area contributed by atoms with Crippen LogP contribution in [0, 0.1) is 13.8 Å². The van der Waals surface area contributed by atoms with Crippen molar-refractivity contribution in [1.29, 1.82) is 0 Å². The summed E-state index contributed by atoms with van der Waals surface area (Å²) in [4.78, 5) is 25.9. The van der Waals surface area contributed by atoms with Crippen molar-refractivity contribution in [2.75, 3.05) is 11.9 Å². The van der Waals surface area contributed by atoms with E-state index in [2.05, 4.69) is 5.32 Å². The van der Waals surface area contributed by atoms with E-state index in [4.69, 9.17) is 12.2 Å². The van der Waals surface area contributed by atoms with Crippen LogP contribution < -0.4 is 5.32 Å². The highest BCUT2D eigenvalue weighted by molar-refractivity contribution is 8.24. The van der Waals surface area contributed by atoms with Crippen LogP contribution >= 0.6 is 24.0 Å². The third-order valence-electron chi connectivity index (χ3n) is 4.33. The lowest BCUT2D eigenvalue weighted by Gasteiger charge is -2.15. The maximum absolute atomic E-state index is 12.1. The second-order valence-electron chi connectivity index (χ2n) is 6.45. The fraction of sp³-hybridized carbons (Fsp3) is 0.526. The van der Waals surface area contributed by atoms with Crippen LogP contribution in [0.1, 0.15) is 50.2 Å². The van der Waals surface area contributed by atoms with Crippen LogP contribution in [0.3, 0.4) is 0 Å². The molecule has 1 aliphatic heterocycles. The number of rotatable bonds is 8. The number of anilines is 1. The molecule has 1 aromatic rings. The van der Waals surface area contributed by atoms with Crippen molar-refractivity contribution >= 4 is 45.8 Å². The number of hydrogen-bond acceptors (Lipinski definition) is 4. The van der Waals surface area contributed by atoms with Gasteiger partial charge < -0.3 is 5.32 Å². The van der Waals surface area contributed by atoms with E-state index >= 15 is 0 Å². The minimum atomic E-state index is -0.00385. The van der Waals surface area contributed by atoms with E-state index in [0.717, 1.165) is 42.5 Å². The smallest absolute Gasteiger partial charge is 0.241 e. The Balaban J connectivity index is 1.68. The number of unbranched alkanes of at least 4 members (excludes halogenated alkanes) is 2. The van der Waals surface area contributed by atoms with Crippen LogP contribution in [0.2, 0.25) is 0 Å². The van der Waals surface area contributed by atoms with Gasteiger partial charge in [-0.25, -0.2) is 0 Å². The molecule has 0 radical (unpaired) electrons. The first-order valence-corrected chi connectivity index (χ1v) is 10.1. The Kier molecular flexibility index (Phi) is 7.44. The molecule has 136 valence electrons. The van der Waals surface area contributed by atoms with E-state index in [1.54, 1.807) is 4.90 Å². The van der Waals surface area contributed by atoms with Crippen molar-refractivity contribution in [3.8, 4) is 0 Å². The lowest BCUT2D eigenvalue weighted by atomic mass is 10.1. The molecule has 1 atom stereocenters. The lowest BCUT2D eigenvalue weighted by molar-refractivity contribution is -0.126. The number of benzene rings is 1. The molecule has 1 N–H and O–H groups in total. The first-order chi connectivity index (χ1) is 11.9. The zero-order chi connectivity index (χ0) is 18.4. The Morgan fingerprint density at radius 3 is 2.72 bits per heavy atom. The Morgan fingerprint density at radius 1 is 1.28 bits per heavy atom. The Hall–Kier alpha value is -1.40. The summed E-state index contributed by atoms with van der Waals surface area (Å²) >= 11 is 6.78. The van der Waals surface area contributed by atoms with Gasteiger partial charge in [-0.1, -0.05) is 49.5 Å². The average molecular weight is 379 g/mol. The Bertz CT molecular complexity index is 661. The number of carbonyl (C=O) groups is 2. The molecule has 25 heavy (non-hydrogen) atoms. The molecule has 1 saturated heterocycles. The monoisotopic (exact) mass is 378 g/mol. The number of thiocarbonyl (C=S) groups is 1. The standard InChI is InChI=1S/C19H26N2O2S2/c1-4-16-18(23)21(19(24)25-16)11-7-5-6-8-17(22)20-15-12-13(2)9-10-14(15)3/h9-10,12,16H,4-8,11H2,1-3H3,(H,20,22). The van der Waals surface area contributed by atoms with Crippen molar-refractivity contribution in [3.63, 3.8) is 0 Å². The van der Waals surface area contributed by atoms with E-state index in [1.165, 1.54) is 11.8 Å². The van der Waals surface area contributed by atoms with Gasteiger partial charge in [-0.3, -0.25) is 14.5 Å². The molecule has 0 aliphatic carbocycles. The van der Waals surface area contributed by atoms with Crippen LogP contribution in [0.25, 0.3) is 0 Å². The molecule has 1 fully saturated rings. The topological polar surface area (TPSA) is 49.4 Å². The number of thioether (sulfide) groups is 1. The fourth-order valence-corrected chi connectivity index (χ4v) is 4.25. The molecule has 6 heteroatoms. The van der Waals surface area contributed by atoms with Gasteiger partial charge in [0.25, 0.3) is 0 Å². The van der Waals surface area contributed by atoms with Crippen molar-refractivity contribution in [3.05, 3.63) is 29.3 Å². The van der Waals surface area contributed by atoms with Crippen LogP contribution in [0.5, 0.6) is 0 Å². The molecule has 4 nitrogen and oxygen atoms in total. The molecule has 0 aromatic heterocycles. The summed E-state index contributed by atoms with van der Waals surface area (Å²) in [6, 6.07) is 6.05. The van der Waals surface area contributed by atoms with Crippen LogP contribution in [0.4, 0.5) is 5.69 Å².